The molecule has 134 valence electrons. The first-order valence-electron chi connectivity index (χ1n) is 7.99. The van der Waals surface area contributed by atoms with E-state index >= 15 is 8.78 Å². The predicted octanol–water partition coefficient (Wildman–Crippen LogP) is 5.73. The van der Waals surface area contributed by atoms with E-state index in [1.165, 1.54) is 0 Å². The van der Waals surface area contributed by atoms with Crippen molar-refractivity contribution in [3.63, 3.8) is 0 Å². The quantitative estimate of drug-likeness (QED) is 0.534. The Labute approximate surface area is 152 Å². The number of hydrogen-bond acceptors (Lipinski definition) is 2. The number of alkyl halides is 2. The Kier molecular flexibility index (Phi) is 5.09. The Morgan fingerprint density at radius 2 is 1.04 bits per heavy atom. The number of halogens is 2. The largest absolute Gasteiger partial charge is 0.464 e. The van der Waals surface area contributed by atoms with Crippen LogP contribution in [0.25, 0.3) is 0 Å². The van der Waals surface area contributed by atoms with E-state index in [1.54, 1.807) is 91.0 Å². The first-order chi connectivity index (χ1) is 12.5. The first kappa shape index (κ1) is 18.1. The molecule has 0 amide bonds. The van der Waals surface area contributed by atoms with Crippen LogP contribution in [0.1, 0.15) is 0 Å². The van der Waals surface area contributed by atoms with Crippen LogP contribution in [0.4, 0.5) is 8.78 Å². The molecule has 0 spiro atoms. The van der Waals surface area contributed by atoms with Gasteiger partial charge in [-0.25, -0.2) is 4.79 Å². The molecule has 2 nitrogen and oxygen atoms in total. The third-order valence-electron chi connectivity index (χ3n) is 4.10. The van der Waals surface area contributed by atoms with Crippen molar-refractivity contribution in [1.82, 2.24) is 0 Å². The van der Waals surface area contributed by atoms with E-state index in [2.05, 4.69) is 4.74 Å². The summed E-state index contributed by atoms with van der Waals surface area (Å²) < 4.78 is 36.0. The van der Waals surface area contributed by atoms with Crippen LogP contribution in [0, 0.1) is 0 Å². The Morgan fingerprint density at radius 1 is 0.731 bits per heavy atom. The van der Waals surface area contributed by atoms with E-state index in [4.69, 9.17) is 0 Å². The van der Waals surface area contributed by atoms with Crippen LogP contribution in [0.3, 0.4) is 0 Å². The summed E-state index contributed by atoms with van der Waals surface area (Å²) in [6.45, 7) is 0. The van der Waals surface area contributed by atoms with Crippen molar-refractivity contribution >= 4 is 16.0 Å². The number of esters is 1. The Morgan fingerprint density at radius 3 is 1.31 bits per heavy atom. The fourth-order valence-corrected chi connectivity index (χ4v) is 6.70. The summed E-state index contributed by atoms with van der Waals surface area (Å²) in [5, 5.41) is -3.74. The molecule has 3 aromatic rings. The van der Waals surface area contributed by atoms with Crippen molar-refractivity contribution in [2.45, 2.75) is 19.9 Å². The molecule has 0 bridgehead atoms. The molecule has 3 rings (SSSR count). The summed E-state index contributed by atoms with van der Waals surface area (Å²) in [7, 11) is -2.24. The van der Waals surface area contributed by atoms with Crippen molar-refractivity contribution in [3.8, 4) is 0 Å². The average molecular weight is 372 g/mol. The number of hydrogen-bond donors (Lipinski definition) is 0. The van der Waals surface area contributed by atoms with Gasteiger partial charge in [-0.3, -0.25) is 0 Å². The lowest BCUT2D eigenvalue weighted by Crippen LogP contribution is -2.36. The maximum Gasteiger partial charge on any atom is 0.387 e. The maximum atomic E-state index is 15.8. The standard InChI is InChI=1S/C21H18F2O2S/c1-25-20(24)21(22,23)26(17-11-5-2-6-12-17,18-13-7-3-8-14-18)19-15-9-4-10-16-19/h2-16H,1H3. The highest BCUT2D eigenvalue weighted by molar-refractivity contribution is 8.35. The fraction of sp³-hybridized carbons (Fsp3) is 0.0952. The maximum absolute atomic E-state index is 15.8. The summed E-state index contributed by atoms with van der Waals surface area (Å²) in [6, 6.07) is 25.4. The minimum atomic E-state index is -3.74. The van der Waals surface area contributed by atoms with Gasteiger partial charge in [0.05, 0.1) is 7.11 Å². The van der Waals surface area contributed by atoms with E-state index in [0.29, 0.717) is 14.7 Å². The smallest absolute Gasteiger partial charge is 0.387 e. The normalized spacial score (nSPS) is 12.4. The molecule has 3 aromatic carbocycles. The Hall–Kier alpha value is -2.66. The van der Waals surface area contributed by atoms with Gasteiger partial charge >= 0.3 is 11.2 Å². The lowest BCUT2D eigenvalue weighted by molar-refractivity contribution is -0.157. The van der Waals surface area contributed by atoms with Gasteiger partial charge in [-0.05, 0) is 36.4 Å². The van der Waals surface area contributed by atoms with Crippen molar-refractivity contribution in [3.05, 3.63) is 91.0 Å². The van der Waals surface area contributed by atoms with Gasteiger partial charge in [0.15, 0.2) is 0 Å². The molecule has 5 heteroatoms. The number of carbonyl (C=O) groups excluding carboxylic acids is 1. The molecule has 26 heavy (non-hydrogen) atoms. The topological polar surface area (TPSA) is 26.3 Å². The van der Waals surface area contributed by atoms with Crippen LogP contribution in [0.15, 0.2) is 106 Å². The number of ether oxygens (including phenoxy) is 1. The van der Waals surface area contributed by atoms with Crippen molar-refractivity contribution in [2.75, 3.05) is 7.11 Å². The molecular formula is C21H18F2O2S. The highest BCUT2D eigenvalue weighted by atomic mass is 32.3. The highest BCUT2D eigenvalue weighted by Crippen LogP contribution is 2.76. The van der Waals surface area contributed by atoms with Gasteiger partial charge in [-0.15, -0.1) is 0 Å². The summed E-state index contributed by atoms with van der Waals surface area (Å²) in [5.41, 5.74) is 0. The van der Waals surface area contributed by atoms with Crippen LogP contribution >= 0.6 is 10.0 Å². The van der Waals surface area contributed by atoms with Crippen LogP contribution in [-0.4, -0.2) is 18.3 Å². The molecule has 0 saturated carbocycles. The van der Waals surface area contributed by atoms with E-state index in [-0.39, 0.29) is 0 Å². The van der Waals surface area contributed by atoms with Gasteiger partial charge in [0.2, 0.25) is 0 Å². The molecular weight excluding hydrogens is 354 g/mol. The van der Waals surface area contributed by atoms with E-state index in [0.717, 1.165) is 7.11 Å². The number of methoxy groups -OCH3 is 1. The summed E-state index contributed by atoms with van der Waals surface area (Å²) >= 11 is 0. The second-order valence-corrected chi connectivity index (χ2v) is 8.71. The lowest BCUT2D eigenvalue weighted by atomic mass is 10.4. The van der Waals surface area contributed by atoms with Crippen molar-refractivity contribution in [1.29, 1.82) is 0 Å². The molecule has 0 atom stereocenters. The van der Waals surface area contributed by atoms with Crippen molar-refractivity contribution in [2.24, 2.45) is 0 Å². The van der Waals surface area contributed by atoms with E-state index < -0.39 is 21.3 Å². The zero-order chi connectivity index (χ0) is 18.6. The third kappa shape index (κ3) is 2.78. The third-order valence-corrected chi connectivity index (χ3v) is 7.97. The van der Waals surface area contributed by atoms with Gasteiger partial charge in [0, 0.05) is 14.7 Å². The van der Waals surface area contributed by atoms with Crippen LogP contribution in [0.2, 0.25) is 0 Å². The minimum absolute atomic E-state index is 0.396. The van der Waals surface area contributed by atoms with Gasteiger partial charge in [-0.1, -0.05) is 64.6 Å². The van der Waals surface area contributed by atoms with Gasteiger partial charge in [0.1, 0.15) is 0 Å². The SMILES string of the molecule is COC(=O)C(F)(F)S(c1ccccc1)(c1ccccc1)c1ccccc1. The molecule has 0 aliphatic heterocycles. The number of carbonyl (C=O) groups is 1. The summed E-state index contributed by atoms with van der Waals surface area (Å²) in [6.07, 6.45) is 0. The van der Waals surface area contributed by atoms with Crippen LogP contribution in [0.5, 0.6) is 0 Å². The van der Waals surface area contributed by atoms with Gasteiger partial charge in [-0.2, -0.15) is 8.78 Å². The molecule has 0 radical (unpaired) electrons. The summed E-state index contributed by atoms with van der Waals surface area (Å²) in [4.78, 5) is 13.4. The molecule has 0 aliphatic rings. The number of benzene rings is 3. The zero-order valence-corrected chi connectivity index (χ0v) is 15.0. The Balaban J connectivity index is 2.46. The molecule has 0 aromatic heterocycles. The zero-order valence-electron chi connectivity index (χ0n) is 14.1. The van der Waals surface area contributed by atoms with Crippen LogP contribution < -0.4 is 0 Å². The average Bonchev–Trinajstić information content (AvgIpc) is 2.70. The molecule has 0 fully saturated rings. The first-order valence-corrected chi connectivity index (χ1v) is 9.63. The Bertz CT molecular complexity index is 772. The second-order valence-electron chi connectivity index (χ2n) is 5.56. The second kappa shape index (κ2) is 7.30. The molecule has 0 saturated heterocycles. The number of rotatable bonds is 5. The van der Waals surface area contributed by atoms with Gasteiger partial charge in [0.25, 0.3) is 0 Å². The minimum Gasteiger partial charge on any atom is -0.464 e. The summed E-state index contributed by atoms with van der Waals surface area (Å²) in [5.74, 6) is -1.54. The molecule has 0 heterocycles. The highest BCUT2D eigenvalue weighted by Gasteiger charge is 2.59. The van der Waals surface area contributed by atoms with E-state index in [1.807, 2.05) is 0 Å². The predicted molar refractivity (Wildman–Crippen MR) is 98.7 cm³/mol. The van der Waals surface area contributed by atoms with E-state index in [9.17, 15) is 4.79 Å². The monoisotopic (exact) mass is 372 g/mol. The van der Waals surface area contributed by atoms with Crippen molar-refractivity contribution < 1.29 is 18.3 Å². The molecule has 0 unspecified atom stereocenters. The fourth-order valence-electron chi connectivity index (χ4n) is 2.97. The molecule has 0 aliphatic carbocycles. The lowest BCUT2D eigenvalue weighted by Gasteiger charge is -2.45. The van der Waals surface area contributed by atoms with Crippen LogP contribution in [-0.2, 0) is 9.53 Å². The molecule has 0 N–H and O–H groups in total. The van der Waals surface area contributed by atoms with Gasteiger partial charge < -0.3 is 4.74 Å².